The number of aromatic carboxylic acids is 1. The third kappa shape index (κ3) is 3.00. The monoisotopic (exact) mass is 305 g/mol. The molecule has 1 aromatic rings. The van der Waals surface area contributed by atoms with Gasteiger partial charge in [-0.05, 0) is 13.8 Å². The molecule has 0 fully saturated rings. The second-order valence-corrected chi connectivity index (χ2v) is 6.17. The van der Waals surface area contributed by atoms with Crippen molar-refractivity contribution in [2.45, 2.75) is 31.7 Å². The Bertz CT molecular complexity index is 581. The largest absolute Gasteiger partial charge is 0.476 e. The number of carboxylic acids is 1. The zero-order valence-electron chi connectivity index (χ0n) is 11.9. The first-order valence-electron chi connectivity index (χ1n) is 6.06. The summed E-state index contributed by atoms with van der Waals surface area (Å²) in [6.07, 6.45) is 0. The highest BCUT2D eigenvalue weighted by molar-refractivity contribution is 7.89. The summed E-state index contributed by atoms with van der Waals surface area (Å²) in [6, 6.07) is -0.411. The van der Waals surface area contributed by atoms with Crippen LogP contribution in [-0.2, 0) is 14.8 Å². The third-order valence-electron chi connectivity index (χ3n) is 2.87. The first-order chi connectivity index (χ1) is 9.27. The van der Waals surface area contributed by atoms with Gasteiger partial charge in [-0.2, -0.15) is 9.40 Å². The molecule has 0 aliphatic heterocycles. The molecule has 0 aromatic carbocycles. The Morgan fingerprint density at radius 1 is 1.55 bits per heavy atom. The van der Waals surface area contributed by atoms with E-state index in [0.717, 1.165) is 0 Å². The van der Waals surface area contributed by atoms with E-state index in [1.807, 2.05) is 0 Å². The molecule has 0 amide bonds. The summed E-state index contributed by atoms with van der Waals surface area (Å²) in [7, 11) is -2.48. The second-order valence-electron chi connectivity index (χ2n) is 4.34. The summed E-state index contributed by atoms with van der Waals surface area (Å²) in [5.41, 5.74) is -0.295. The van der Waals surface area contributed by atoms with Gasteiger partial charge in [-0.25, -0.2) is 13.2 Å². The summed E-state index contributed by atoms with van der Waals surface area (Å²) in [6.45, 7) is 5.27. The molecule has 0 saturated heterocycles. The molecule has 1 aromatic heterocycles. The Balaban J connectivity index is 3.35. The fourth-order valence-electron chi connectivity index (χ4n) is 2.04. The number of rotatable bonds is 7. The summed E-state index contributed by atoms with van der Waals surface area (Å²) in [4.78, 5) is 10.8. The van der Waals surface area contributed by atoms with E-state index in [1.165, 1.54) is 18.3 Å². The number of hydrogen-bond acceptors (Lipinski definition) is 5. The Kier molecular flexibility index (Phi) is 5.26. The highest BCUT2D eigenvalue weighted by atomic mass is 32.2. The maximum Gasteiger partial charge on any atom is 0.357 e. The zero-order valence-corrected chi connectivity index (χ0v) is 12.7. The van der Waals surface area contributed by atoms with Gasteiger partial charge < -0.3 is 9.84 Å². The van der Waals surface area contributed by atoms with Gasteiger partial charge in [-0.1, -0.05) is 6.92 Å². The molecule has 0 spiro atoms. The number of aromatic nitrogens is 2. The SMILES string of the molecule is CCN(C(C)COC)S(=O)(=O)c1c(C(=O)O)n[nH]c1C. The van der Waals surface area contributed by atoms with Crippen LogP contribution in [0.1, 0.15) is 30.0 Å². The van der Waals surface area contributed by atoms with Crippen molar-refractivity contribution in [2.24, 2.45) is 0 Å². The minimum atomic E-state index is -3.96. The summed E-state index contributed by atoms with van der Waals surface area (Å²) in [5.74, 6) is -1.39. The van der Waals surface area contributed by atoms with E-state index >= 15 is 0 Å². The Morgan fingerprint density at radius 2 is 2.15 bits per heavy atom. The molecule has 0 bridgehead atoms. The Labute approximate surface area is 117 Å². The minimum absolute atomic E-state index is 0.200. The zero-order chi connectivity index (χ0) is 15.5. The summed E-state index contributed by atoms with van der Waals surface area (Å²) < 4.78 is 31.4. The quantitative estimate of drug-likeness (QED) is 0.757. The van der Waals surface area contributed by atoms with Crippen molar-refractivity contribution in [1.29, 1.82) is 0 Å². The molecule has 114 valence electrons. The van der Waals surface area contributed by atoms with Crippen molar-refractivity contribution in [3.63, 3.8) is 0 Å². The molecule has 1 atom stereocenters. The normalized spacial score (nSPS) is 13.7. The maximum absolute atomic E-state index is 12.6. The summed E-state index contributed by atoms with van der Waals surface area (Å²) >= 11 is 0. The molecule has 9 heteroatoms. The van der Waals surface area contributed by atoms with Gasteiger partial charge in [0.25, 0.3) is 0 Å². The number of carbonyl (C=O) groups is 1. The van der Waals surface area contributed by atoms with Gasteiger partial charge in [0.1, 0.15) is 4.90 Å². The van der Waals surface area contributed by atoms with Crippen molar-refractivity contribution in [2.75, 3.05) is 20.3 Å². The van der Waals surface area contributed by atoms with Crippen molar-refractivity contribution < 1.29 is 23.1 Å². The Hall–Kier alpha value is -1.45. The number of aryl methyl sites for hydroxylation is 1. The predicted octanol–water partition coefficient (Wildman–Crippen LogP) is 0.462. The number of nitrogens with zero attached hydrogens (tertiary/aromatic N) is 2. The molecule has 20 heavy (non-hydrogen) atoms. The molecule has 0 aliphatic carbocycles. The van der Waals surface area contributed by atoms with Crippen molar-refractivity contribution >= 4 is 16.0 Å². The molecular weight excluding hydrogens is 286 g/mol. The van der Waals surface area contributed by atoms with Gasteiger partial charge in [0.15, 0.2) is 5.69 Å². The van der Waals surface area contributed by atoms with E-state index in [1.54, 1.807) is 13.8 Å². The number of aromatic amines is 1. The number of methoxy groups -OCH3 is 1. The van der Waals surface area contributed by atoms with Gasteiger partial charge >= 0.3 is 5.97 Å². The predicted molar refractivity (Wildman–Crippen MR) is 71.2 cm³/mol. The van der Waals surface area contributed by atoms with E-state index in [2.05, 4.69) is 10.2 Å². The van der Waals surface area contributed by atoms with E-state index in [9.17, 15) is 13.2 Å². The van der Waals surface area contributed by atoms with Crippen LogP contribution >= 0.6 is 0 Å². The van der Waals surface area contributed by atoms with Gasteiger partial charge in [-0.3, -0.25) is 5.10 Å². The van der Waals surface area contributed by atoms with Crippen LogP contribution in [0.2, 0.25) is 0 Å². The number of H-pyrrole nitrogens is 1. The first-order valence-corrected chi connectivity index (χ1v) is 7.50. The molecule has 8 nitrogen and oxygen atoms in total. The lowest BCUT2D eigenvalue weighted by Gasteiger charge is -2.26. The second kappa shape index (κ2) is 6.33. The van der Waals surface area contributed by atoms with Crippen LogP contribution in [-0.4, -0.2) is 60.3 Å². The van der Waals surface area contributed by atoms with Crippen LogP contribution in [0.4, 0.5) is 0 Å². The number of hydrogen-bond donors (Lipinski definition) is 2. The maximum atomic E-state index is 12.6. The van der Waals surface area contributed by atoms with E-state index < -0.39 is 27.7 Å². The standard InChI is InChI=1S/C11H19N3O5S/c1-5-14(7(2)6-19-4)20(17,18)10-8(3)12-13-9(10)11(15)16/h7H,5-6H2,1-4H3,(H,12,13)(H,15,16). The van der Waals surface area contributed by atoms with Crippen molar-refractivity contribution in [3.05, 3.63) is 11.4 Å². The molecule has 2 N–H and O–H groups in total. The van der Waals surface area contributed by atoms with Gasteiger partial charge in [0.05, 0.1) is 12.3 Å². The van der Waals surface area contributed by atoms with Gasteiger partial charge in [-0.15, -0.1) is 0 Å². The number of likely N-dealkylation sites (N-methyl/N-ethyl adjacent to an activating group) is 1. The average molecular weight is 305 g/mol. The van der Waals surface area contributed by atoms with Crippen LogP contribution in [0.25, 0.3) is 0 Å². The lowest BCUT2D eigenvalue weighted by molar-refractivity contribution is 0.0685. The molecule has 1 rings (SSSR count). The molecule has 0 saturated carbocycles. The highest BCUT2D eigenvalue weighted by Crippen LogP contribution is 2.23. The molecular formula is C11H19N3O5S. The lowest BCUT2D eigenvalue weighted by Crippen LogP contribution is -2.41. The topological polar surface area (TPSA) is 113 Å². The number of carboxylic acid groups (broad SMARTS) is 1. The molecule has 0 radical (unpaired) electrons. The van der Waals surface area contributed by atoms with Crippen molar-refractivity contribution in [1.82, 2.24) is 14.5 Å². The number of ether oxygens (including phenoxy) is 1. The Morgan fingerprint density at radius 3 is 2.60 bits per heavy atom. The van der Waals surface area contributed by atoms with Crippen molar-refractivity contribution in [3.8, 4) is 0 Å². The van der Waals surface area contributed by atoms with Gasteiger partial charge in [0, 0.05) is 19.7 Å². The van der Waals surface area contributed by atoms with E-state index in [-0.39, 0.29) is 23.7 Å². The van der Waals surface area contributed by atoms with Gasteiger partial charge in [0.2, 0.25) is 10.0 Å². The van der Waals surface area contributed by atoms with Crippen LogP contribution in [0.3, 0.4) is 0 Å². The number of sulfonamides is 1. The molecule has 1 heterocycles. The fraction of sp³-hybridized carbons (Fsp3) is 0.636. The van der Waals surface area contributed by atoms with Crippen LogP contribution < -0.4 is 0 Å². The third-order valence-corrected chi connectivity index (χ3v) is 5.12. The highest BCUT2D eigenvalue weighted by Gasteiger charge is 2.35. The lowest BCUT2D eigenvalue weighted by atomic mass is 10.3. The van der Waals surface area contributed by atoms with E-state index in [4.69, 9.17) is 9.84 Å². The van der Waals surface area contributed by atoms with Crippen LogP contribution in [0.15, 0.2) is 4.90 Å². The van der Waals surface area contributed by atoms with Crippen LogP contribution in [0.5, 0.6) is 0 Å². The average Bonchev–Trinajstić information content (AvgIpc) is 2.72. The fourth-order valence-corrected chi connectivity index (χ4v) is 3.96. The minimum Gasteiger partial charge on any atom is -0.476 e. The molecule has 0 aliphatic rings. The molecule has 1 unspecified atom stereocenters. The smallest absolute Gasteiger partial charge is 0.357 e. The van der Waals surface area contributed by atoms with E-state index in [0.29, 0.717) is 0 Å². The summed E-state index contributed by atoms with van der Waals surface area (Å²) in [5, 5.41) is 15.0. The van der Waals surface area contributed by atoms with Crippen LogP contribution in [0, 0.1) is 6.92 Å². The first kappa shape index (κ1) is 16.6. The number of nitrogens with one attached hydrogen (secondary N) is 1.